The Hall–Kier alpha value is -4.80. The summed E-state index contributed by atoms with van der Waals surface area (Å²) in [7, 11) is 0. The molecule has 0 amide bonds. The van der Waals surface area contributed by atoms with E-state index in [9.17, 15) is 0 Å². The van der Waals surface area contributed by atoms with Crippen LogP contribution in [0, 0.1) is 20.8 Å². The monoisotopic (exact) mass is 545 g/mol. The van der Waals surface area contributed by atoms with E-state index < -0.39 is 0 Å². The van der Waals surface area contributed by atoms with Gasteiger partial charge in [-0.1, -0.05) is 54.6 Å². The SMILES string of the molecule is Cc1nc(C)c(C)c(-c2ccc3c(c2)c2cc(-c4ccc5sc6ccccc6c5c4)ccc2n3-c2ccccc2)n1. The van der Waals surface area contributed by atoms with Gasteiger partial charge in [-0.15, -0.1) is 11.3 Å². The average molecular weight is 546 g/mol. The van der Waals surface area contributed by atoms with Gasteiger partial charge >= 0.3 is 0 Å². The summed E-state index contributed by atoms with van der Waals surface area (Å²) < 4.78 is 5.03. The second-order valence-electron chi connectivity index (χ2n) is 10.8. The molecule has 0 saturated carbocycles. The molecule has 3 aromatic heterocycles. The molecule has 3 nitrogen and oxygen atoms in total. The van der Waals surface area contributed by atoms with E-state index in [1.807, 2.05) is 18.3 Å². The molecule has 196 valence electrons. The Kier molecular flexibility index (Phi) is 5.34. The molecule has 0 atom stereocenters. The Morgan fingerprint density at radius 3 is 1.93 bits per heavy atom. The zero-order valence-electron chi connectivity index (χ0n) is 23.1. The van der Waals surface area contributed by atoms with Crippen molar-refractivity contribution in [3.8, 4) is 28.1 Å². The van der Waals surface area contributed by atoms with Crippen LogP contribution >= 0.6 is 11.3 Å². The van der Waals surface area contributed by atoms with E-state index in [-0.39, 0.29) is 0 Å². The molecule has 8 aromatic rings. The van der Waals surface area contributed by atoms with Crippen molar-refractivity contribution in [3.63, 3.8) is 0 Å². The fourth-order valence-corrected chi connectivity index (χ4v) is 7.25. The Morgan fingerprint density at radius 1 is 0.537 bits per heavy atom. The minimum absolute atomic E-state index is 0.800. The third kappa shape index (κ3) is 3.79. The summed E-state index contributed by atoms with van der Waals surface area (Å²) in [5, 5.41) is 5.10. The Labute approximate surface area is 242 Å². The molecule has 0 radical (unpaired) electrons. The molecule has 3 heterocycles. The third-order valence-electron chi connectivity index (χ3n) is 8.26. The van der Waals surface area contributed by atoms with E-state index in [0.717, 1.165) is 34.0 Å². The predicted octanol–water partition coefficient (Wildman–Crippen LogP) is 10.2. The normalized spacial score (nSPS) is 11.8. The molecular formula is C37H27N3S. The molecule has 0 spiro atoms. The van der Waals surface area contributed by atoms with Gasteiger partial charge < -0.3 is 4.57 Å². The Morgan fingerprint density at radius 2 is 1.15 bits per heavy atom. The maximum absolute atomic E-state index is 4.85. The highest BCUT2D eigenvalue weighted by Crippen LogP contribution is 2.40. The highest BCUT2D eigenvalue weighted by atomic mass is 32.1. The van der Waals surface area contributed by atoms with Crippen LogP contribution < -0.4 is 0 Å². The minimum Gasteiger partial charge on any atom is -0.309 e. The average Bonchev–Trinajstić information content (AvgIpc) is 3.54. The van der Waals surface area contributed by atoms with Gasteiger partial charge in [0.15, 0.2) is 0 Å². The first-order valence-corrected chi connectivity index (χ1v) is 14.7. The maximum Gasteiger partial charge on any atom is 0.126 e. The van der Waals surface area contributed by atoms with Crippen molar-refractivity contribution in [3.05, 3.63) is 126 Å². The van der Waals surface area contributed by atoms with Crippen molar-refractivity contribution < 1.29 is 0 Å². The number of rotatable bonds is 3. The molecule has 4 heteroatoms. The van der Waals surface area contributed by atoms with Crippen LogP contribution in [-0.4, -0.2) is 14.5 Å². The molecule has 0 aliphatic rings. The fourth-order valence-electron chi connectivity index (χ4n) is 6.16. The molecule has 41 heavy (non-hydrogen) atoms. The smallest absolute Gasteiger partial charge is 0.126 e. The van der Waals surface area contributed by atoms with E-state index in [1.54, 1.807) is 0 Å². The molecule has 0 saturated heterocycles. The number of thiophene rings is 1. The maximum atomic E-state index is 4.85. The summed E-state index contributed by atoms with van der Waals surface area (Å²) in [4.78, 5) is 9.44. The second-order valence-corrected chi connectivity index (χ2v) is 11.9. The summed E-state index contributed by atoms with van der Waals surface area (Å²) in [6.45, 7) is 6.15. The van der Waals surface area contributed by atoms with E-state index in [4.69, 9.17) is 4.98 Å². The van der Waals surface area contributed by atoms with E-state index in [2.05, 4.69) is 133 Å². The highest BCUT2D eigenvalue weighted by Gasteiger charge is 2.17. The van der Waals surface area contributed by atoms with Crippen LogP contribution in [0.3, 0.4) is 0 Å². The second kappa shape index (κ2) is 9.12. The molecule has 0 bridgehead atoms. The van der Waals surface area contributed by atoms with E-state index in [0.29, 0.717) is 0 Å². The van der Waals surface area contributed by atoms with Crippen LogP contribution in [0.2, 0.25) is 0 Å². The molecular weight excluding hydrogens is 518 g/mol. The molecule has 0 aliphatic heterocycles. The largest absolute Gasteiger partial charge is 0.309 e. The van der Waals surface area contributed by atoms with Gasteiger partial charge in [0.25, 0.3) is 0 Å². The molecule has 0 fully saturated rings. The summed E-state index contributed by atoms with van der Waals surface area (Å²) in [6, 6.07) is 39.9. The highest BCUT2D eigenvalue weighted by molar-refractivity contribution is 7.25. The number of hydrogen-bond acceptors (Lipinski definition) is 3. The fraction of sp³-hybridized carbons (Fsp3) is 0.0811. The lowest BCUT2D eigenvalue weighted by Crippen LogP contribution is -1.99. The van der Waals surface area contributed by atoms with Crippen LogP contribution in [0.1, 0.15) is 17.1 Å². The quantitative estimate of drug-likeness (QED) is 0.221. The van der Waals surface area contributed by atoms with Gasteiger partial charge in [0.1, 0.15) is 5.82 Å². The lowest BCUT2D eigenvalue weighted by molar-refractivity contribution is 0.992. The summed E-state index contributed by atoms with van der Waals surface area (Å²) in [6.07, 6.45) is 0. The lowest BCUT2D eigenvalue weighted by atomic mass is 9.99. The summed E-state index contributed by atoms with van der Waals surface area (Å²) >= 11 is 1.86. The van der Waals surface area contributed by atoms with Crippen molar-refractivity contribution in [2.24, 2.45) is 0 Å². The third-order valence-corrected chi connectivity index (χ3v) is 9.42. The zero-order valence-corrected chi connectivity index (χ0v) is 24.0. The number of para-hydroxylation sites is 1. The molecule has 8 rings (SSSR count). The van der Waals surface area contributed by atoms with Crippen molar-refractivity contribution in [1.82, 2.24) is 14.5 Å². The van der Waals surface area contributed by atoms with Crippen LogP contribution in [0.4, 0.5) is 0 Å². The number of nitrogens with zero attached hydrogens (tertiary/aromatic N) is 3. The molecule has 5 aromatic carbocycles. The lowest BCUT2D eigenvalue weighted by Gasteiger charge is -2.10. The van der Waals surface area contributed by atoms with Gasteiger partial charge in [-0.2, -0.15) is 0 Å². The number of hydrogen-bond donors (Lipinski definition) is 0. The Balaban J connectivity index is 1.39. The molecule has 0 N–H and O–H groups in total. The van der Waals surface area contributed by atoms with Gasteiger partial charge in [-0.25, -0.2) is 9.97 Å². The van der Waals surface area contributed by atoms with E-state index in [1.165, 1.54) is 53.1 Å². The van der Waals surface area contributed by atoms with Gasteiger partial charge in [0.2, 0.25) is 0 Å². The summed E-state index contributed by atoms with van der Waals surface area (Å²) in [5.41, 5.74) is 10.3. The molecule has 0 unspecified atom stereocenters. The predicted molar refractivity (Wildman–Crippen MR) is 174 cm³/mol. The number of aryl methyl sites for hydroxylation is 2. The molecule has 0 aliphatic carbocycles. The zero-order chi connectivity index (χ0) is 27.7. The van der Waals surface area contributed by atoms with Crippen molar-refractivity contribution >= 4 is 53.3 Å². The topological polar surface area (TPSA) is 30.7 Å². The van der Waals surface area contributed by atoms with Crippen LogP contribution in [0.5, 0.6) is 0 Å². The number of fused-ring (bicyclic) bond motifs is 6. The van der Waals surface area contributed by atoms with Crippen molar-refractivity contribution in [1.29, 1.82) is 0 Å². The Bertz CT molecular complexity index is 2290. The van der Waals surface area contributed by atoms with Crippen molar-refractivity contribution in [2.45, 2.75) is 20.8 Å². The van der Waals surface area contributed by atoms with Crippen molar-refractivity contribution in [2.75, 3.05) is 0 Å². The number of benzene rings is 5. The minimum atomic E-state index is 0.800. The van der Waals surface area contributed by atoms with Gasteiger partial charge in [0, 0.05) is 47.9 Å². The first-order valence-electron chi connectivity index (χ1n) is 13.9. The van der Waals surface area contributed by atoms with E-state index >= 15 is 0 Å². The van der Waals surface area contributed by atoms with Crippen LogP contribution in [0.15, 0.2) is 109 Å². The first kappa shape index (κ1) is 24.0. The van der Waals surface area contributed by atoms with Gasteiger partial charge in [-0.05, 0) is 92.1 Å². The first-order chi connectivity index (χ1) is 20.0. The van der Waals surface area contributed by atoms with Gasteiger partial charge in [-0.3, -0.25) is 0 Å². The number of aromatic nitrogens is 3. The van der Waals surface area contributed by atoms with Crippen LogP contribution in [0.25, 0.3) is 70.0 Å². The van der Waals surface area contributed by atoms with Gasteiger partial charge in [0.05, 0.1) is 16.7 Å². The summed E-state index contributed by atoms with van der Waals surface area (Å²) in [5.74, 6) is 0.800. The standard InChI is InChI=1S/C37H27N3S/c1-22-23(2)38-24(3)39-37(22)27-14-17-34-31(21-27)30-19-25(13-16-33(30)40(34)28-9-5-4-6-10-28)26-15-18-36-32(20-26)29-11-7-8-12-35(29)41-36/h4-21H,1-3H3. The van der Waals surface area contributed by atoms with Crippen LogP contribution in [-0.2, 0) is 0 Å².